The van der Waals surface area contributed by atoms with Gasteiger partial charge in [-0.3, -0.25) is 14.6 Å². The zero-order chi connectivity index (χ0) is 27.7. The lowest BCUT2D eigenvalue weighted by atomic mass is 10.0. The van der Waals surface area contributed by atoms with Crippen molar-refractivity contribution in [1.29, 1.82) is 0 Å². The average Bonchev–Trinajstić information content (AvgIpc) is 3.41. The Morgan fingerprint density at radius 1 is 1.08 bits per heavy atom. The molecule has 206 valence electrons. The minimum Gasteiger partial charge on any atom is -0.493 e. The number of rotatable bonds is 10. The molecule has 0 bridgehead atoms. The molecule has 0 N–H and O–H groups in total. The van der Waals surface area contributed by atoms with Crippen LogP contribution in [-0.4, -0.2) is 66.5 Å². The molecule has 0 radical (unpaired) electrons. The summed E-state index contributed by atoms with van der Waals surface area (Å²) in [6.45, 7) is 2.95. The lowest BCUT2D eigenvalue weighted by Crippen LogP contribution is -2.33. The summed E-state index contributed by atoms with van der Waals surface area (Å²) in [5, 5.41) is 3.14. The monoisotopic (exact) mass is 569 g/mol. The van der Waals surface area contributed by atoms with Gasteiger partial charge in [0.25, 0.3) is 5.56 Å². The molecule has 1 aliphatic rings. The van der Waals surface area contributed by atoms with E-state index in [0.29, 0.717) is 69.6 Å². The molecule has 1 aliphatic heterocycles. The smallest absolute Gasteiger partial charge is 0.259 e. The molecule has 39 heavy (non-hydrogen) atoms. The number of carbonyl (C=O) groups excluding carboxylic acids is 1. The molecule has 0 saturated carbocycles. The van der Waals surface area contributed by atoms with Crippen LogP contribution in [0, 0.1) is 0 Å². The molecule has 4 aromatic rings. The number of pyridine rings is 2. The Morgan fingerprint density at radius 3 is 2.46 bits per heavy atom. The van der Waals surface area contributed by atoms with Gasteiger partial charge < -0.3 is 28.4 Å². The molecule has 1 atom stereocenters. The van der Waals surface area contributed by atoms with Crippen molar-refractivity contribution < 1.29 is 23.7 Å². The van der Waals surface area contributed by atoms with Crippen molar-refractivity contribution in [2.75, 3.05) is 40.9 Å². The first kappa shape index (κ1) is 27.3. The first-order valence-corrected chi connectivity index (χ1v) is 15.2. The fraction of sp³-hybridized carbons (Fsp3) is 0.393. The van der Waals surface area contributed by atoms with Gasteiger partial charge in [0.2, 0.25) is 12.7 Å². The molecule has 0 aliphatic carbocycles. The maximum absolute atomic E-state index is 14.0. The number of ether oxygens (including phenoxy) is 4. The molecule has 0 fully saturated rings. The lowest BCUT2D eigenvalue weighted by molar-refractivity contribution is -0.130. The van der Waals surface area contributed by atoms with E-state index in [1.54, 1.807) is 64.6 Å². The number of methoxy groups -OCH3 is 2. The van der Waals surface area contributed by atoms with E-state index >= 15 is 0 Å². The van der Waals surface area contributed by atoms with E-state index in [-0.39, 0.29) is 18.3 Å². The highest BCUT2D eigenvalue weighted by Gasteiger charge is 2.21. The number of fused-ring (bicyclic) bond motifs is 6. The second-order valence-corrected chi connectivity index (χ2v) is 12.3. The molecule has 11 heteroatoms. The Kier molecular flexibility index (Phi) is 7.99. The average molecular weight is 570 g/mol. The van der Waals surface area contributed by atoms with Gasteiger partial charge >= 0.3 is 0 Å². The van der Waals surface area contributed by atoms with E-state index in [0.717, 1.165) is 17.2 Å². The third-order valence-corrected chi connectivity index (χ3v) is 9.32. The Bertz CT molecular complexity index is 1620. The Hall–Kier alpha value is -3.31. The molecule has 5 rings (SSSR count). The van der Waals surface area contributed by atoms with Crippen LogP contribution in [0.5, 0.6) is 23.0 Å². The van der Waals surface area contributed by atoms with Crippen LogP contribution < -0.4 is 24.5 Å². The SMILES string of the molecule is COc1cc2c(=O)n(CCN(C)C(=O)CC[C@H](C)SSC)c3c4cc5c(cc4ncc3c2cc1OC)OCO5. The number of nitrogens with zero attached hydrogens (tertiary/aromatic N) is 3. The third-order valence-electron chi connectivity index (χ3n) is 7.00. The first-order chi connectivity index (χ1) is 18.9. The van der Waals surface area contributed by atoms with Crippen LogP contribution in [0.2, 0.25) is 0 Å². The standard InChI is InChI=1S/C28H31N3O6S2/c1-16(39-38-5)6-7-26(32)30(2)8-9-31-27-19-12-24-25(37-15-36-24)13-21(19)29-14-20(27)17-10-22(34-3)23(35-4)11-18(17)28(31)33/h10-14,16H,6-9,15H2,1-5H3/t16-/m0/s1. The molecular formula is C28H31N3O6S2. The van der Waals surface area contributed by atoms with Gasteiger partial charge in [-0.1, -0.05) is 28.5 Å². The Labute approximate surface area is 234 Å². The quantitative estimate of drug-likeness (QED) is 0.191. The van der Waals surface area contributed by atoms with Crippen molar-refractivity contribution in [3.05, 3.63) is 40.8 Å². The van der Waals surface area contributed by atoms with Gasteiger partial charge in [-0.05, 0) is 30.9 Å². The number of likely N-dealkylation sites (N-methyl/N-ethyl adjacent to an activating group) is 1. The van der Waals surface area contributed by atoms with Crippen molar-refractivity contribution >= 4 is 60.1 Å². The summed E-state index contributed by atoms with van der Waals surface area (Å²) in [5.74, 6) is 2.27. The lowest BCUT2D eigenvalue weighted by Gasteiger charge is -2.21. The van der Waals surface area contributed by atoms with Crippen molar-refractivity contribution in [2.24, 2.45) is 0 Å². The minimum atomic E-state index is -0.186. The predicted octanol–water partition coefficient (Wildman–Crippen LogP) is 5.09. The van der Waals surface area contributed by atoms with Crippen LogP contribution in [0.4, 0.5) is 0 Å². The van der Waals surface area contributed by atoms with Crippen LogP contribution in [0.15, 0.2) is 35.3 Å². The Balaban J connectivity index is 1.63. The predicted molar refractivity (Wildman–Crippen MR) is 158 cm³/mol. The molecule has 3 heterocycles. The zero-order valence-electron chi connectivity index (χ0n) is 22.6. The summed E-state index contributed by atoms with van der Waals surface area (Å²) in [5.41, 5.74) is 1.22. The van der Waals surface area contributed by atoms with Crippen molar-refractivity contribution in [3.8, 4) is 23.0 Å². The fourth-order valence-corrected chi connectivity index (χ4v) is 6.72. The molecule has 0 spiro atoms. The van der Waals surface area contributed by atoms with E-state index in [1.807, 2.05) is 24.5 Å². The van der Waals surface area contributed by atoms with Crippen molar-refractivity contribution in [2.45, 2.75) is 31.6 Å². The molecule has 0 unspecified atom stereocenters. The second kappa shape index (κ2) is 11.4. The molecule has 1 amide bonds. The summed E-state index contributed by atoms with van der Waals surface area (Å²) >= 11 is 0. The number of aromatic nitrogens is 2. The van der Waals surface area contributed by atoms with E-state index in [2.05, 4.69) is 6.92 Å². The zero-order valence-corrected chi connectivity index (χ0v) is 24.2. The minimum absolute atomic E-state index is 0.0583. The largest absolute Gasteiger partial charge is 0.493 e. The van der Waals surface area contributed by atoms with Crippen LogP contribution >= 0.6 is 21.6 Å². The number of hydrogen-bond donors (Lipinski definition) is 0. The summed E-state index contributed by atoms with van der Waals surface area (Å²) in [6, 6.07) is 7.21. The highest BCUT2D eigenvalue weighted by molar-refractivity contribution is 8.76. The van der Waals surface area contributed by atoms with Crippen LogP contribution in [0.25, 0.3) is 32.6 Å². The van der Waals surface area contributed by atoms with Gasteiger partial charge in [-0.2, -0.15) is 0 Å². The first-order valence-electron chi connectivity index (χ1n) is 12.6. The van der Waals surface area contributed by atoms with E-state index in [9.17, 15) is 9.59 Å². The summed E-state index contributed by atoms with van der Waals surface area (Å²) < 4.78 is 23.9. The number of carbonyl (C=O) groups is 1. The highest BCUT2D eigenvalue weighted by Crippen LogP contribution is 2.40. The van der Waals surface area contributed by atoms with Gasteiger partial charge in [0.05, 0.1) is 30.6 Å². The van der Waals surface area contributed by atoms with Gasteiger partial charge in [0, 0.05) is 60.2 Å². The van der Waals surface area contributed by atoms with Gasteiger partial charge in [0.15, 0.2) is 23.0 Å². The van der Waals surface area contributed by atoms with E-state index in [1.165, 1.54) is 0 Å². The summed E-state index contributed by atoms with van der Waals surface area (Å²) in [6.07, 6.45) is 5.08. The molecule has 2 aromatic carbocycles. The highest BCUT2D eigenvalue weighted by atomic mass is 33.1. The van der Waals surface area contributed by atoms with Gasteiger partial charge in [-0.15, -0.1) is 0 Å². The van der Waals surface area contributed by atoms with Crippen LogP contribution in [0.1, 0.15) is 19.8 Å². The molecule has 0 saturated heterocycles. The van der Waals surface area contributed by atoms with Gasteiger partial charge in [0.1, 0.15) is 0 Å². The number of amides is 1. The Morgan fingerprint density at radius 2 is 1.77 bits per heavy atom. The number of hydrogen-bond acceptors (Lipinski definition) is 9. The van der Waals surface area contributed by atoms with Gasteiger partial charge in [-0.25, -0.2) is 0 Å². The van der Waals surface area contributed by atoms with E-state index < -0.39 is 0 Å². The normalized spacial score (nSPS) is 13.3. The molecule has 2 aromatic heterocycles. The maximum atomic E-state index is 14.0. The summed E-state index contributed by atoms with van der Waals surface area (Å²) in [4.78, 5) is 33.3. The molecular weight excluding hydrogens is 538 g/mol. The fourth-order valence-electron chi connectivity index (χ4n) is 4.90. The van der Waals surface area contributed by atoms with Crippen molar-refractivity contribution in [3.63, 3.8) is 0 Å². The third kappa shape index (κ3) is 5.17. The summed E-state index contributed by atoms with van der Waals surface area (Å²) in [7, 11) is 8.37. The van der Waals surface area contributed by atoms with E-state index in [4.69, 9.17) is 23.9 Å². The second-order valence-electron chi connectivity index (χ2n) is 9.38. The van der Waals surface area contributed by atoms with Crippen LogP contribution in [-0.2, 0) is 11.3 Å². The van der Waals surface area contributed by atoms with Crippen LogP contribution in [0.3, 0.4) is 0 Å². The maximum Gasteiger partial charge on any atom is 0.259 e. The number of benzene rings is 2. The topological polar surface area (TPSA) is 92.1 Å². The molecule has 9 nitrogen and oxygen atoms in total. The van der Waals surface area contributed by atoms with Crippen molar-refractivity contribution in [1.82, 2.24) is 14.5 Å².